The maximum atomic E-state index is 5.97. The summed E-state index contributed by atoms with van der Waals surface area (Å²) in [5.74, 6) is 0. The molecule has 0 aromatic carbocycles. The summed E-state index contributed by atoms with van der Waals surface area (Å²) in [6, 6.07) is 0. The highest BCUT2D eigenvalue weighted by molar-refractivity contribution is 8.05. The molecule has 1 N–H and O–H groups in total. The lowest BCUT2D eigenvalue weighted by molar-refractivity contribution is 1.04. The van der Waals surface area contributed by atoms with Gasteiger partial charge in [-0.1, -0.05) is 37.6 Å². The van der Waals surface area contributed by atoms with Gasteiger partial charge in [-0.2, -0.15) is 0 Å². The average molecular weight is 250 g/mol. The first-order valence-electron chi connectivity index (χ1n) is 4.38. The van der Waals surface area contributed by atoms with Gasteiger partial charge in [0, 0.05) is 11.4 Å². The van der Waals surface area contributed by atoms with Crippen LogP contribution in [0, 0.1) is 0 Å². The minimum atomic E-state index is -0.0266. The van der Waals surface area contributed by atoms with Crippen LogP contribution in [-0.2, 0) is 0 Å². The fourth-order valence-electron chi connectivity index (χ4n) is 0.616. The van der Waals surface area contributed by atoms with Crippen molar-refractivity contribution < 1.29 is 0 Å². The fraction of sp³-hybridized carbons (Fsp3) is 0.400. The Morgan fingerprint density at radius 2 is 2.36 bits per heavy atom. The topological polar surface area (TPSA) is 12.0 Å². The Hall–Kier alpha value is 0.170. The predicted octanol–water partition coefficient (Wildman–Crippen LogP) is 4.15. The van der Waals surface area contributed by atoms with Gasteiger partial charge in [0.2, 0.25) is 0 Å². The lowest BCUT2D eigenvalue weighted by Crippen LogP contribution is -1.97. The molecule has 0 aliphatic carbocycles. The van der Waals surface area contributed by atoms with E-state index in [-0.39, 0.29) is 4.71 Å². The monoisotopic (exact) mass is 249 g/mol. The van der Waals surface area contributed by atoms with Crippen molar-refractivity contribution in [2.24, 2.45) is 0 Å². The lowest BCUT2D eigenvalue weighted by Gasteiger charge is -2.02. The molecule has 1 atom stereocenters. The zero-order valence-corrected chi connectivity index (χ0v) is 10.9. The minimum absolute atomic E-state index is 0.0266. The van der Waals surface area contributed by atoms with Crippen molar-refractivity contribution in [3.63, 3.8) is 0 Å². The summed E-state index contributed by atoms with van der Waals surface area (Å²) in [5, 5.41) is 1.97. The zero-order valence-electron chi connectivity index (χ0n) is 8.50. The van der Waals surface area contributed by atoms with Crippen molar-refractivity contribution in [2.75, 3.05) is 6.54 Å². The van der Waals surface area contributed by atoms with E-state index in [0.29, 0.717) is 0 Å². The van der Waals surface area contributed by atoms with Gasteiger partial charge in [-0.3, -0.25) is 4.72 Å². The minimum Gasteiger partial charge on any atom is -0.261 e. The number of thioether (sulfide) groups is 1. The van der Waals surface area contributed by atoms with Gasteiger partial charge in [0.1, 0.15) is 4.71 Å². The Labute approximate surface area is 100 Å². The van der Waals surface area contributed by atoms with Gasteiger partial charge in [0.05, 0.1) is 0 Å². The van der Waals surface area contributed by atoms with Crippen molar-refractivity contribution in [3.8, 4) is 0 Å². The molecule has 0 saturated carbocycles. The van der Waals surface area contributed by atoms with Crippen molar-refractivity contribution >= 4 is 35.3 Å². The Balaban J connectivity index is 3.69. The first kappa shape index (κ1) is 14.2. The van der Waals surface area contributed by atoms with E-state index in [1.165, 1.54) is 11.8 Å². The van der Waals surface area contributed by atoms with Crippen LogP contribution >= 0.6 is 35.3 Å². The Bertz CT molecular complexity index is 214. The highest BCUT2D eigenvalue weighted by Crippen LogP contribution is 2.25. The van der Waals surface area contributed by atoms with Gasteiger partial charge in [0.25, 0.3) is 0 Å². The first-order valence-corrected chi connectivity index (χ1v) is 6.57. The van der Waals surface area contributed by atoms with Gasteiger partial charge in [-0.25, -0.2) is 0 Å². The molecule has 0 aromatic rings. The molecule has 0 aromatic heterocycles. The summed E-state index contributed by atoms with van der Waals surface area (Å²) in [4.78, 5) is 0.966. The second kappa shape index (κ2) is 9.71. The van der Waals surface area contributed by atoms with Gasteiger partial charge in [-0.05, 0) is 18.4 Å². The normalized spacial score (nSPS) is 13.9. The smallest absolute Gasteiger partial charge is 0.102 e. The van der Waals surface area contributed by atoms with Crippen LogP contribution in [0.4, 0.5) is 0 Å². The van der Waals surface area contributed by atoms with Gasteiger partial charge in [0.15, 0.2) is 0 Å². The molecule has 0 heterocycles. The molecule has 0 saturated heterocycles. The molecule has 0 aliphatic heterocycles. The van der Waals surface area contributed by atoms with Crippen molar-refractivity contribution in [3.05, 3.63) is 35.1 Å². The summed E-state index contributed by atoms with van der Waals surface area (Å²) >= 11 is 9.07. The van der Waals surface area contributed by atoms with Crippen LogP contribution < -0.4 is 4.72 Å². The molecule has 0 bridgehead atoms. The molecule has 0 amide bonds. The first-order chi connectivity index (χ1) is 6.70. The molecule has 14 heavy (non-hydrogen) atoms. The van der Waals surface area contributed by atoms with E-state index < -0.39 is 0 Å². The standard InChI is InChI=1S/C10H16ClNS2/c1-4-6-10(11)14-9(3)7-8-13-12-5-2/h4,6-8,10,12H,3,5H2,1-2H3/b6-4?,8-7+. The van der Waals surface area contributed by atoms with E-state index >= 15 is 0 Å². The molecule has 1 unspecified atom stereocenters. The highest BCUT2D eigenvalue weighted by Gasteiger charge is 1.99. The Morgan fingerprint density at radius 1 is 1.64 bits per heavy atom. The van der Waals surface area contributed by atoms with E-state index in [1.54, 1.807) is 11.9 Å². The molecule has 0 rings (SSSR count). The van der Waals surface area contributed by atoms with Crippen LogP contribution in [0.1, 0.15) is 13.8 Å². The maximum Gasteiger partial charge on any atom is 0.102 e. The number of alkyl halides is 1. The molecule has 4 heteroatoms. The third-order valence-electron chi connectivity index (χ3n) is 1.16. The summed E-state index contributed by atoms with van der Waals surface area (Å²) < 4.78 is 3.09. The van der Waals surface area contributed by atoms with Crippen LogP contribution in [0.2, 0.25) is 0 Å². The van der Waals surface area contributed by atoms with E-state index in [2.05, 4.69) is 18.2 Å². The second-order valence-electron chi connectivity index (χ2n) is 2.38. The predicted molar refractivity (Wildman–Crippen MR) is 71.6 cm³/mol. The van der Waals surface area contributed by atoms with Crippen molar-refractivity contribution in [1.82, 2.24) is 4.72 Å². The molecule has 1 nitrogen and oxygen atoms in total. The molecular formula is C10H16ClNS2. The molecule has 80 valence electrons. The number of rotatable bonds is 7. The van der Waals surface area contributed by atoms with Gasteiger partial charge >= 0.3 is 0 Å². The van der Waals surface area contributed by atoms with Gasteiger partial charge < -0.3 is 0 Å². The van der Waals surface area contributed by atoms with E-state index in [9.17, 15) is 0 Å². The second-order valence-corrected chi connectivity index (χ2v) is 5.17. The number of hydrogen-bond donors (Lipinski definition) is 1. The molecular weight excluding hydrogens is 234 g/mol. The number of nitrogens with one attached hydrogen (secondary N) is 1. The van der Waals surface area contributed by atoms with Crippen LogP contribution in [0.3, 0.4) is 0 Å². The summed E-state index contributed by atoms with van der Waals surface area (Å²) in [6.45, 7) is 8.86. The number of allylic oxidation sites excluding steroid dienone is 2. The molecule has 0 radical (unpaired) electrons. The van der Waals surface area contributed by atoms with E-state index in [4.69, 9.17) is 11.6 Å². The van der Waals surface area contributed by atoms with E-state index in [1.807, 2.05) is 30.6 Å². The average Bonchev–Trinajstić information content (AvgIpc) is 2.13. The van der Waals surface area contributed by atoms with E-state index in [0.717, 1.165) is 11.4 Å². The van der Waals surface area contributed by atoms with Crippen molar-refractivity contribution in [2.45, 2.75) is 18.6 Å². The van der Waals surface area contributed by atoms with Crippen LogP contribution in [0.5, 0.6) is 0 Å². The zero-order chi connectivity index (χ0) is 10.8. The largest absolute Gasteiger partial charge is 0.261 e. The van der Waals surface area contributed by atoms with Crippen LogP contribution in [0.25, 0.3) is 0 Å². The van der Waals surface area contributed by atoms with Gasteiger partial charge in [-0.15, -0.1) is 23.4 Å². The van der Waals surface area contributed by atoms with Crippen LogP contribution in [-0.4, -0.2) is 11.3 Å². The fourth-order valence-corrected chi connectivity index (χ4v) is 2.36. The Morgan fingerprint density at radius 3 is 2.93 bits per heavy atom. The molecule has 0 spiro atoms. The quantitative estimate of drug-likeness (QED) is 0.239. The summed E-state index contributed by atoms with van der Waals surface area (Å²) in [5.41, 5.74) is 0. The summed E-state index contributed by atoms with van der Waals surface area (Å²) in [6.07, 6.45) is 5.83. The Kier molecular flexibility index (Phi) is 9.83. The highest BCUT2D eigenvalue weighted by atomic mass is 35.5. The third kappa shape index (κ3) is 8.75. The van der Waals surface area contributed by atoms with Crippen molar-refractivity contribution in [1.29, 1.82) is 0 Å². The van der Waals surface area contributed by atoms with Crippen LogP contribution in [0.15, 0.2) is 35.1 Å². The third-order valence-corrected chi connectivity index (χ3v) is 3.12. The number of hydrogen-bond acceptors (Lipinski definition) is 3. The maximum absolute atomic E-state index is 5.97. The number of halogens is 1. The summed E-state index contributed by atoms with van der Waals surface area (Å²) in [7, 11) is 0. The SMILES string of the molecule is C=C(/C=C/SNCC)SC(Cl)C=CC. The lowest BCUT2D eigenvalue weighted by atomic mass is 10.6. The molecule has 0 fully saturated rings. The molecule has 0 aliphatic rings.